The van der Waals surface area contributed by atoms with E-state index < -0.39 is 53.1 Å². The van der Waals surface area contributed by atoms with Gasteiger partial charge in [-0.3, -0.25) is 9.59 Å². The lowest BCUT2D eigenvalue weighted by atomic mass is 9.56. The van der Waals surface area contributed by atoms with Crippen molar-refractivity contribution in [2.24, 2.45) is 17.8 Å². The SMILES string of the molecule is C[C@H](O)CNc1cc(CO)cc([C@@H]2C#C[C@H]3CC(=O)Oc4cc(O)c(cc43)C[C@H]3OC(=O)/C(=C\[C@H](O)C4(CCCC4)c4cccc(c4)C[C@@H]4C(=O)CC[C@@H]5[C@H]4CCC[C@]53O)C2)c1. The molecule has 3 aromatic carbocycles. The molecule has 3 aliphatic heterocycles. The van der Waals surface area contributed by atoms with Crippen LogP contribution in [0.4, 0.5) is 5.69 Å². The number of aliphatic hydroxyl groups excluding tert-OH is 3. The number of Topliss-reactive ketones (excluding diaryl/α,β-unsaturated/α-hetero) is 1. The van der Waals surface area contributed by atoms with Gasteiger partial charge in [0.05, 0.1) is 31.2 Å². The minimum Gasteiger partial charge on any atom is -0.508 e. The highest BCUT2D eigenvalue weighted by Crippen LogP contribution is 2.52. The summed E-state index contributed by atoms with van der Waals surface area (Å²) in [4.78, 5) is 42.2. The second-order valence-corrected chi connectivity index (χ2v) is 18.9. The van der Waals surface area contributed by atoms with Crippen molar-refractivity contribution in [3.63, 3.8) is 0 Å². The number of fused-ring (bicyclic) bond motifs is 8. The molecule has 62 heavy (non-hydrogen) atoms. The van der Waals surface area contributed by atoms with Crippen molar-refractivity contribution in [1.82, 2.24) is 0 Å². The van der Waals surface area contributed by atoms with Crippen molar-refractivity contribution in [1.29, 1.82) is 0 Å². The van der Waals surface area contributed by atoms with Crippen molar-refractivity contribution < 1.29 is 49.4 Å². The normalized spacial score (nSPS) is 31.6. The number of anilines is 1. The number of rotatable bonds is 5. The maximum Gasteiger partial charge on any atom is 0.334 e. The third-order valence-electron chi connectivity index (χ3n) is 15.0. The van der Waals surface area contributed by atoms with Crippen LogP contribution >= 0.6 is 0 Å². The number of ketones is 1. The highest BCUT2D eigenvalue weighted by atomic mass is 16.6. The van der Waals surface area contributed by atoms with Gasteiger partial charge in [-0.2, -0.15) is 0 Å². The number of carbonyl (C=O) groups excluding carboxylic acids is 3. The zero-order valence-corrected chi connectivity index (χ0v) is 35.3. The molecule has 6 aliphatic rings. The number of benzene rings is 3. The Balaban J connectivity index is 1.27. The van der Waals surface area contributed by atoms with Crippen LogP contribution < -0.4 is 10.1 Å². The number of phenols is 1. The molecular weight excluding hydrogens is 787 g/mol. The van der Waals surface area contributed by atoms with Crippen molar-refractivity contribution in [2.75, 3.05) is 11.9 Å². The van der Waals surface area contributed by atoms with Gasteiger partial charge in [0, 0.05) is 59.5 Å². The first-order chi connectivity index (χ1) is 29.8. The Morgan fingerprint density at radius 1 is 0.919 bits per heavy atom. The quantitative estimate of drug-likeness (QED) is 0.0978. The fraction of sp³-hybridized carbons (Fsp3) is 0.510. The van der Waals surface area contributed by atoms with Gasteiger partial charge in [-0.05, 0) is 116 Å². The standard InChI is InChI=1S/C51H57NO10/c1-29(54)27-52-38-18-31(28-53)16-34(21-38)32-9-10-33-25-48(58)61-45-26-44(56)35(22-40(33)45)24-47-51(60)15-5-8-39-41(43(55)12-11-42(39)51)19-30-6-4-7-37(17-30)50(13-2-3-14-50)46(57)23-36(20-32)49(59)62-47/h4,6-7,16-18,21-23,26,29,32-33,39,41-42,46-47,52-54,56-57,60H,2-3,5,8,11-15,19-20,24-25,27-28H2,1H3/b36-23-/t29-,32+,33-,39-,41-,42+,46-,47+,51-/m0/s1. The van der Waals surface area contributed by atoms with Gasteiger partial charge in [-0.25, -0.2) is 4.79 Å². The number of aromatic hydroxyl groups is 1. The number of aliphatic hydroxyl groups is 4. The zero-order valence-electron chi connectivity index (χ0n) is 35.3. The maximum absolute atomic E-state index is 15.2. The lowest BCUT2D eigenvalue weighted by Crippen LogP contribution is -2.59. The van der Waals surface area contributed by atoms with Gasteiger partial charge in [0.25, 0.3) is 0 Å². The first kappa shape index (κ1) is 42.3. The van der Waals surface area contributed by atoms with E-state index in [2.05, 4.69) is 29.3 Å². The average molecular weight is 844 g/mol. The summed E-state index contributed by atoms with van der Waals surface area (Å²) in [6.45, 7) is 1.62. The Kier molecular flexibility index (Phi) is 11.6. The van der Waals surface area contributed by atoms with Crippen LogP contribution in [0, 0.1) is 29.6 Å². The summed E-state index contributed by atoms with van der Waals surface area (Å²) in [6, 6.07) is 16.8. The van der Waals surface area contributed by atoms with Gasteiger partial charge < -0.3 is 40.3 Å². The van der Waals surface area contributed by atoms with Gasteiger partial charge >= 0.3 is 11.9 Å². The van der Waals surface area contributed by atoms with Crippen LogP contribution in [0.5, 0.6) is 11.5 Å². The number of hydrogen-bond donors (Lipinski definition) is 6. The van der Waals surface area contributed by atoms with Gasteiger partial charge in [-0.1, -0.05) is 61.4 Å². The molecule has 9 atom stereocenters. The van der Waals surface area contributed by atoms with E-state index >= 15 is 4.79 Å². The van der Waals surface area contributed by atoms with Crippen LogP contribution in [0.25, 0.3) is 0 Å². The first-order valence-electron chi connectivity index (χ1n) is 22.5. The minimum absolute atomic E-state index is 0.0234. The number of carbonyl (C=O) groups is 3. The van der Waals surface area contributed by atoms with Crippen molar-refractivity contribution in [3.05, 3.63) is 99.6 Å². The largest absolute Gasteiger partial charge is 0.508 e. The van der Waals surface area contributed by atoms with Crippen LogP contribution in [-0.2, 0) is 44.0 Å². The van der Waals surface area contributed by atoms with Gasteiger partial charge in [-0.15, -0.1) is 0 Å². The number of esters is 2. The highest BCUT2D eigenvalue weighted by molar-refractivity contribution is 5.89. The summed E-state index contributed by atoms with van der Waals surface area (Å²) in [5.41, 5.74) is 2.68. The molecule has 11 heteroatoms. The molecular formula is C51H57NO10. The molecule has 3 saturated carbocycles. The third kappa shape index (κ3) is 7.96. The number of nitrogens with one attached hydrogen (secondary N) is 1. The fourth-order valence-corrected chi connectivity index (χ4v) is 11.8. The van der Waals surface area contributed by atoms with E-state index in [1.54, 1.807) is 25.1 Å². The second kappa shape index (κ2) is 16.9. The second-order valence-electron chi connectivity index (χ2n) is 18.9. The third-order valence-corrected chi connectivity index (χ3v) is 15.0. The number of hydrogen-bond acceptors (Lipinski definition) is 11. The Morgan fingerprint density at radius 3 is 2.52 bits per heavy atom. The molecule has 10 bridgehead atoms. The predicted octanol–water partition coefficient (Wildman–Crippen LogP) is 6.20. The number of phenolic OH excluding ortho intramolecular Hbond substituents is 1. The smallest absolute Gasteiger partial charge is 0.334 e. The van der Waals surface area contributed by atoms with E-state index in [0.717, 1.165) is 30.4 Å². The fourth-order valence-electron chi connectivity index (χ4n) is 11.8. The molecule has 0 unspecified atom stereocenters. The van der Waals surface area contributed by atoms with E-state index in [4.69, 9.17) is 9.47 Å². The van der Waals surface area contributed by atoms with Crippen molar-refractivity contribution in [3.8, 4) is 23.3 Å². The Bertz CT molecular complexity index is 2350. The van der Waals surface area contributed by atoms with E-state index in [9.17, 15) is 35.1 Å². The van der Waals surface area contributed by atoms with Crippen molar-refractivity contribution >= 4 is 23.4 Å². The molecule has 326 valence electrons. The summed E-state index contributed by atoms with van der Waals surface area (Å²) >= 11 is 0. The van der Waals surface area contributed by atoms with E-state index in [1.807, 2.05) is 24.3 Å². The van der Waals surface area contributed by atoms with Gasteiger partial charge in [0.15, 0.2) is 0 Å². The molecule has 6 N–H and O–H groups in total. The van der Waals surface area contributed by atoms with Crippen LogP contribution in [0.3, 0.4) is 0 Å². The van der Waals surface area contributed by atoms with Crippen LogP contribution in [0.1, 0.15) is 123 Å². The summed E-state index contributed by atoms with van der Waals surface area (Å²) in [7, 11) is 0. The molecule has 3 fully saturated rings. The Labute approximate surface area is 362 Å². The Hall–Kier alpha value is -4.99. The lowest BCUT2D eigenvalue weighted by molar-refractivity contribution is -0.191. The molecule has 1 spiro atoms. The minimum atomic E-state index is -1.57. The van der Waals surface area contributed by atoms with E-state index in [0.29, 0.717) is 72.9 Å². The molecule has 0 aromatic heterocycles. The Morgan fingerprint density at radius 2 is 1.73 bits per heavy atom. The van der Waals surface area contributed by atoms with Gasteiger partial charge in [0.2, 0.25) is 0 Å². The molecule has 3 heterocycles. The summed E-state index contributed by atoms with van der Waals surface area (Å²) in [5, 5.41) is 61.1. The number of ether oxygens (including phenoxy) is 2. The van der Waals surface area contributed by atoms with Crippen molar-refractivity contribution in [2.45, 2.75) is 138 Å². The molecule has 9 rings (SSSR count). The van der Waals surface area contributed by atoms with Gasteiger partial charge in [0.1, 0.15) is 29.0 Å². The zero-order chi connectivity index (χ0) is 43.3. The van der Waals surface area contributed by atoms with E-state index in [1.165, 1.54) is 6.07 Å². The monoisotopic (exact) mass is 843 g/mol. The molecule has 3 aliphatic carbocycles. The average Bonchev–Trinajstić information content (AvgIpc) is 3.76. The molecule has 0 amide bonds. The first-order valence-corrected chi connectivity index (χ1v) is 22.5. The molecule has 0 saturated heterocycles. The summed E-state index contributed by atoms with van der Waals surface area (Å²) in [6.07, 6.45) is 4.58. The summed E-state index contributed by atoms with van der Waals surface area (Å²) in [5.74, 6) is 3.44. The van der Waals surface area contributed by atoms with Crippen LogP contribution in [-0.4, -0.2) is 73.7 Å². The van der Waals surface area contributed by atoms with Crippen LogP contribution in [0.2, 0.25) is 0 Å². The topological polar surface area (TPSA) is 183 Å². The van der Waals surface area contributed by atoms with E-state index in [-0.39, 0.29) is 73.0 Å². The molecule has 0 radical (unpaired) electrons. The molecule has 3 aromatic rings. The maximum atomic E-state index is 15.2. The lowest BCUT2D eigenvalue weighted by Gasteiger charge is -2.52. The molecule has 11 nitrogen and oxygen atoms in total. The summed E-state index contributed by atoms with van der Waals surface area (Å²) < 4.78 is 12.3. The predicted molar refractivity (Wildman–Crippen MR) is 230 cm³/mol. The highest BCUT2D eigenvalue weighted by Gasteiger charge is 2.55. The van der Waals surface area contributed by atoms with Crippen LogP contribution in [0.15, 0.2) is 66.2 Å².